The maximum atomic E-state index is 13.4. The van der Waals surface area contributed by atoms with Gasteiger partial charge in [0, 0.05) is 32.4 Å². The van der Waals surface area contributed by atoms with Crippen LogP contribution in [0.15, 0.2) is 22.3 Å². The summed E-state index contributed by atoms with van der Waals surface area (Å²) in [4.78, 5) is 45.5. The monoisotopic (exact) mass is 428 g/mol. The number of rotatable bonds is 5. The minimum absolute atomic E-state index is 0.0174. The summed E-state index contributed by atoms with van der Waals surface area (Å²) in [7, 11) is 0. The molecule has 8 heteroatoms. The summed E-state index contributed by atoms with van der Waals surface area (Å²) in [6, 6.07) is 3.59. The molecule has 2 amide bonds. The van der Waals surface area contributed by atoms with E-state index in [1.807, 2.05) is 31.4 Å². The zero-order chi connectivity index (χ0) is 21.3. The second kappa shape index (κ2) is 8.71. The summed E-state index contributed by atoms with van der Waals surface area (Å²) in [5, 5.41) is 4.87. The first kappa shape index (κ1) is 20.8. The van der Waals surface area contributed by atoms with Gasteiger partial charge in [-0.05, 0) is 30.2 Å². The van der Waals surface area contributed by atoms with Crippen LogP contribution in [0.3, 0.4) is 0 Å². The first-order chi connectivity index (χ1) is 14.4. The number of fused-ring (bicyclic) bond motifs is 2. The predicted octanol–water partition coefficient (Wildman–Crippen LogP) is 2.54. The molecule has 2 aromatic heterocycles. The average molecular weight is 429 g/mol. The van der Waals surface area contributed by atoms with Crippen molar-refractivity contribution in [1.29, 1.82) is 0 Å². The number of carbonyl (C=O) groups excluding carboxylic acids is 2. The van der Waals surface area contributed by atoms with Gasteiger partial charge in [-0.25, -0.2) is 4.98 Å². The summed E-state index contributed by atoms with van der Waals surface area (Å²) in [5.41, 5.74) is 1.39. The molecule has 0 radical (unpaired) electrons. The fourth-order valence-electron chi connectivity index (χ4n) is 4.31. The SMILES string of the molecule is CC(C)CC(=O)NC[C@H]1CCCc2nc3c(c(=O)n21)CN(C(=O)c1cccs1)CC3. The van der Waals surface area contributed by atoms with Crippen molar-refractivity contribution in [2.45, 2.75) is 58.5 Å². The lowest BCUT2D eigenvalue weighted by Crippen LogP contribution is -2.45. The lowest BCUT2D eigenvalue weighted by Gasteiger charge is -2.32. The first-order valence-corrected chi connectivity index (χ1v) is 11.5. The Morgan fingerprint density at radius 1 is 1.33 bits per heavy atom. The van der Waals surface area contributed by atoms with Crippen molar-refractivity contribution < 1.29 is 9.59 Å². The number of thiophene rings is 1. The maximum Gasteiger partial charge on any atom is 0.264 e. The first-order valence-electron chi connectivity index (χ1n) is 10.7. The molecule has 4 heterocycles. The number of hydrogen-bond acceptors (Lipinski definition) is 5. The van der Waals surface area contributed by atoms with E-state index in [9.17, 15) is 14.4 Å². The highest BCUT2D eigenvalue weighted by Crippen LogP contribution is 2.25. The molecule has 2 aliphatic heterocycles. The molecule has 0 fully saturated rings. The third-order valence-electron chi connectivity index (χ3n) is 5.79. The van der Waals surface area contributed by atoms with Crippen LogP contribution in [-0.2, 0) is 24.2 Å². The summed E-state index contributed by atoms with van der Waals surface area (Å²) in [6.45, 7) is 5.34. The van der Waals surface area contributed by atoms with Gasteiger partial charge in [-0.3, -0.25) is 19.0 Å². The van der Waals surface area contributed by atoms with Crippen LogP contribution in [0, 0.1) is 5.92 Å². The fourth-order valence-corrected chi connectivity index (χ4v) is 5.01. The van der Waals surface area contributed by atoms with E-state index < -0.39 is 0 Å². The maximum absolute atomic E-state index is 13.4. The summed E-state index contributed by atoms with van der Waals surface area (Å²) in [6.07, 6.45) is 3.66. The van der Waals surface area contributed by atoms with Crippen molar-refractivity contribution in [2.24, 2.45) is 5.92 Å². The Morgan fingerprint density at radius 2 is 2.17 bits per heavy atom. The minimum Gasteiger partial charge on any atom is -0.354 e. The standard InChI is InChI=1S/C22H28N4O3S/c1-14(2)11-20(27)23-12-15-5-3-7-19-24-17-8-9-25(13-16(17)21(28)26(15)19)22(29)18-6-4-10-30-18/h4,6,10,14-15H,3,5,7-9,11-13H2,1-2H3,(H,23,27)/t15-/m1/s1. The number of nitrogens with one attached hydrogen (secondary N) is 1. The van der Waals surface area contributed by atoms with Gasteiger partial charge in [0.25, 0.3) is 11.5 Å². The molecular formula is C22H28N4O3S. The Morgan fingerprint density at radius 3 is 2.90 bits per heavy atom. The number of aromatic nitrogens is 2. The number of amides is 2. The highest BCUT2D eigenvalue weighted by Gasteiger charge is 2.30. The van der Waals surface area contributed by atoms with Gasteiger partial charge in [0.05, 0.1) is 28.7 Å². The van der Waals surface area contributed by atoms with E-state index in [0.29, 0.717) is 48.8 Å². The third-order valence-corrected chi connectivity index (χ3v) is 6.64. The second-order valence-electron chi connectivity index (χ2n) is 8.53. The van der Waals surface area contributed by atoms with Gasteiger partial charge in [0.1, 0.15) is 5.82 Å². The number of hydrogen-bond donors (Lipinski definition) is 1. The van der Waals surface area contributed by atoms with Crippen molar-refractivity contribution in [3.63, 3.8) is 0 Å². The summed E-state index contributed by atoms with van der Waals surface area (Å²) in [5.74, 6) is 1.09. The predicted molar refractivity (Wildman–Crippen MR) is 116 cm³/mol. The van der Waals surface area contributed by atoms with Gasteiger partial charge < -0.3 is 10.2 Å². The van der Waals surface area contributed by atoms with Gasteiger partial charge in [-0.2, -0.15) is 0 Å². The Hall–Kier alpha value is -2.48. The molecule has 0 aliphatic carbocycles. The highest BCUT2D eigenvalue weighted by molar-refractivity contribution is 7.12. The van der Waals surface area contributed by atoms with Gasteiger partial charge in [0.2, 0.25) is 5.91 Å². The zero-order valence-electron chi connectivity index (χ0n) is 17.5. The molecule has 160 valence electrons. The van der Waals surface area contributed by atoms with E-state index in [-0.39, 0.29) is 23.4 Å². The van der Waals surface area contributed by atoms with Crippen molar-refractivity contribution in [3.8, 4) is 0 Å². The van der Waals surface area contributed by atoms with Gasteiger partial charge in [-0.15, -0.1) is 11.3 Å². The molecule has 2 aliphatic rings. The quantitative estimate of drug-likeness (QED) is 0.793. The zero-order valence-corrected chi connectivity index (χ0v) is 18.3. The lowest BCUT2D eigenvalue weighted by atomic mass is 10.0. The third kappa shape index (κ3) is 4.19. The van der Waals surface area contributed by atoms with Crippen LogP contribution >= 0.6 is 11.3 Å². The van der Waals surface area contributed by atoms with E-state index in [1.165, 1.54) is 11.3 Å². The lowest BCUT2D eigenvalue weighted by molar-refractivity contribution is -0.121. The number of aryl methyl sites for hydroxylation is 1. The van der Waals surface area contributed by atoms with Crippen LogP contribution in [0.5, 0.6) is 0 Å². The molecule has 1 N–H and O–H groups in total. The molecule has 0 aromatic carbocycles. The van der Waals surface area contributed by atoms with Crippen molar-refractivity contribution in [3.05, 3.63) is 49.8 Å². The van der Waals surface area contributed by atoms with E-state index in [4.69, 9.17) is 4.98 Å². The molecule has 0 saturated carbocycles. The van der Waals surface area contributed by atoms with Gasteiger partial charge in [0.15, 0.2) is 0 Å². The molecule has 30 heavy (non-hydrogen) atoms. The normalized spacial score (nSPS) is 18.1. The number of nitrogens with zero attached hydrogens (tertiary/aromatic N) is 3. The van der Waals surface area contributed by atoms with Crippen LogP contribution in [0.2, 0.25) is 0 Å². The van der Waals surface area contributed by atoms with Crippen LogP contribution < -0.4 is 10.9 Å². The van der Waals surface area contributed by atoms with Crippen LogP contribution in [-0.4, -0.2) is 39.4 Å². The molecule has 0 unspecified atom stereocenters. The second-order valence-corrected chi connectivity index (χ2v) is 9.48. The number of carbonyl (C=O) groups is 2. The average Bonchev–Trinajstić information content (AvgIpc) is 3.26. The van der Waals surface area contributed by atoms with Gasteiger partial charge >= 0.3 is 0 Å². The van der Waals surface area contributed by atoms with Crippen molar-refractivity contribution in [1.82, 2.24) is 19.8 Å². The Labute approximate surface area is 180 Å². The molecule has 0 spiro atoms. The fraction of sp³-hybridized carbons (Fsp3) is 0.545. The van der Waals surface area contributed by atoms with Gasteiger partial charge in [-0.1, -0.05) is 19.9 Å². The molecule has 0 saturated heterocycles. The summed E-state index contributed by atoms with van der Waals surface area (Å²) < 4.78 is 1.77. The largest absolute Gasteiger partial charge is 0.354 e. The minimum atomic E-state index is -0.0847. The molecular weight excluding hydrogens is 400 g/mol. The molecule has 2 aromatic rings. The molecule has 4 rings (SSSR count). The van der Waals surface area contributed by atoms with E-state index in [1.54, 1.807) is 9.47 Å². The van der Waals surface area contributed by atoms with E-state index in [2.05, 4.69) is 5.32 Å². The summed E-state index contributed by atoms with van der Waals surface area (Å²) >= 11 is 1.42. The van der Waals surface area contributed by atoms with Crippen molar-refractivity contribution in [2.75, 3.05) is 13.1 Å². The smallest absolute Gasteiger partial charge is 0.264 e. The molecule has 7 nitrogen and oxygen atoms in total. The van der Waals surface area contributed by atoms with Crippen LogP contribution in [0.1, 0.15) is 65.9 Å². The van der Waals surface area contributed by atoms with Crippen LogP contribution in [0.4, 0.5) is 0 Å². The molecule has 0 bridgehead atoms. The Bertz CT molecular complexity index is 997. The Balaban J connectivity index is 1.57. The Kier molecular flexibility index (Phi) is 6.04. The molecule has 1 atom stereocenters. The van der Waals surface area contributed by atoms with Crippen LogP contribution in [0.25, 0.3) is 0 Å². The highest BCUT2D eigenvalue weighted by atomic mass is 32.1. The van der Waals surface area contributed by atoms with E-state index in [0.717, 1.165) is 30.8 Å². The van der Waals surface area contributed by atoms with Crippen molar-refractivity contribution >= 4 is 23.2 Å². The van der Waals surface area contributed by atoms with E-state index >= 15 is 0 Å². The topological polar surface area (TPSA) is 84.3 Å².